The number of ether oxygens (including phenoxy) is 1. The van der Waals surface area contributed by atoms with Gasteiger partial charge in [0, 0.05) is 19.7 Å². The first kappa shape index (κ1) is 13.3. The molecule has 100 valence electrons. The molecule has 0 aromatic heterocycles. The molecule has 3 heteroatoms. The molecule has 0 aromatic rings. The fourth-order valence-electron chi connectivity index (χ4n) is 3.29. The van der Waals surface area contributed by atoms with Crippen molar-refractivity contribution < 1.29 is 4.74 Å². The third-order valence-corrected chi connectivity index (χ3v) is 4.19. The lowest BCUT2D eigenvalue weighted by Gasteiger charge is -2.32. The van der Waals surface area contributed by atoms with Crippen LogP contribution in [0.2, 0.25) is 0 Å². The van der Waals surface area contributed by atoms with Gasteiger partial charge < -0.3 is 15.0 Å². The molecule has 0 spiro atoms. The predicted molar refractivity (Wildman–Crippen MR) is 71.3 cm³/mol. The van der Waals surface area contributed by atoms with Crippen LogP contribution in [-0.2, 0) is 4.74 Å². The smallest absolute Gasteiger partial charge is 0.0502 e. The number of piperidine rings is 1. The summed E-state index contributed by atoms with van der Waals surface area (Å²) >= 11 is 0. The number of nitrogens with one attached hydrogen (secondary N) is 1. The monoisotopic (exact) mass is 240 g/mol. The summed E-state index contributed by atoms with van der Waals surface area (Å²) in [7, 11) is 1.82. The Morgan fingerprint density at radius 2 is 2.24 bits per heavy atom. The van der Waals surface area contributed by atoms with E-state index in [4.69, 9.17) is 4.74 Å². The standard InChI is InChI=1S/C14H28N2O/c1-17-12-13-5-3-9-16(11-13)10-4-7-14-6-2-8-15-14/h13-15H,2-12H2,1H3. The molecule has 2 fully saturated rings. The normalized spacial score (nSPS) is 30.9. The van der Waals surface area contributed by atoms with Crippen LogP contribution >= 0.6 is 0 Å². The largest absolute Gasteiger partial charge is 0.384 e. The predicted octanol–water partition coefficient (Wildman–Crippen LogP) is 1.88. The van der Waals surface area contributed by atoms with Gasteiger partial charge in [0.05, 0.1) is 6.61 Å². The van der Waals surface area contributed by atoms with Gasteiger partial charge in [0.1, 0.15) is 0 Å². The number of hydrogen-bond donors (Lipinski definition) is 1. The fourth-order valence-corrected chi connectivity index (χ4v) is 3.29. The molecule has 0 saturated carbocycles. The molecule has 0 aliphatic carbocycles. The van der Waals surface area contributed by atoms with Crippen LogP contribution in [0.15, 0.2) is 0 Å². The summed E-state index contributed by atoms with van der Waals surface area (Å²) in [5.41, 5.74) is 0. The average molecular weight is 240 g/mol. The second-order valence-electron chi connectivity index (χ2n) is 5.70. The maximum Gasteiger partial charge on any atom is 0.0502 e. The molecule has 0 aromatic carbocycles. The van der Waals surface area contributed by atoms with Crippen LogP contribution in [0.1, 0.15) is 38.5 Å². The highest BCUT2D eigenvalue weighted by molar-refractivity contribution is 4.76. The fraction of sp³-hybridized carbons (Fsp3) is 1.00. The van der Waals surface area contributed by atoms with E-state index in [9.17, 15) is 0 Å². The Hall–Kier alpha value is -0.120. The van der Waals surface area contributed by atoms with Gasteiger partial charge in [-0.15, -0.1) is 0 Å². The third kappa shape index (κ3) is 4.57. The highest BCUT2D eigenvalue weighted by Crippen LogP contribution is 2.18. The van der Waals surface area contributed by atoms with Crippen LogP contribution < -0.4 is 5.32 Å². The van der Waals surface area contributed by atoms with Crippen molar-refractivity contribution >= 4 is 0 Å². The number of nitrogens with zero attached hydrogens (tertiary/aromatic N) is 1. The number of rotatable bonds is 6. The Morgan fingerprint density at radius 3 is 3.00 bits per heavy atom. The van der Waals surface area contributed by atoms with Crippen molar-refractivity contribution in [2.75, 3.05) is 39.9 Å². The molecular weight excluding hydrogens is 212 g/mol. The molecule has 0 radical (unpaired) electrons. The summed E-state index contributed by atoms with van der Waals surface area (Å²) in [6, 6.07) is 0.814. The lowest BCUT2D eigenvalue weighted by atomic mass is 9.98. The van der Waals surface area contributed by atoms with Gasteiger partial charge in [0.15, 0.2) is 0 Å². The SMILES string of the molecule is COCC1CCCN(CCCC2CCCN2)C1. The van der Waals surface area contributed by atoms with Crippen molar-refractivity contribution in [1.29, 1.82) is 0 Å². The van der Waals surface area contributed by atoms with Gasteiger partial charge in [-0.2, -0.15) is 0 Å². The molecule has 2 aliphatic rings. The molecule has 3 nitrogen and oxygen atoms in total. The number of methoxy groups -OCH3 is 1. The molecule has 2 aliphatic heterocycles. The van der Waals surface area contributed by atoms with Crippen LogP contribution in [0, 0.1) is 5.92 Å². The number of likely N-dealkylation sites (tertiary alicyclic amines) is 1. The van der Waals surface area contributed by atoms with E-state index in [1.165, 1.54) is 64.7 Å². The van der Waals surface area contributed by atoms with Crippen molar-refractivity contribution in [2.24, 2.45) is 5.92 Å². The molecule has 2 unspecified atom stereocenters. The first-order valence-electron chi connectivity index (χ1n) is 7.33. The highest BCUT2D eigenvalue weighted by Gasteiger charge is 2.20. The third-order valence-electron chi connectivity index (χ3n) is 4.19. The summed E-state index contributed by atoms with van der Waals surface area (Å²) in [6.07, 6.45) is 8.21. The molecular formula is C14H28N2O. The minimum absolute atomic E-state index is 0.776. The van der Waals surface area contributed by atoms with Crippen molar-refractivity contribution in [3.8, 4) is 0 Å². The molecule has 17 heavy (non-hydrogen) atoms. The molecule has 0 bridgehead atoms. The second-order valence-corrected chi connectivity index (χ2v) is 5.70. The summed E-state index contributed by atoms with van der Waals surface area (Å²) in [6.45, 7) is 6.04. The Kier molecular flexibility index (Phi) is 5.75. The van der Waals surface area contributed by atoms with Crippen LogP contribution in [0.4, 0.5) is 0 Å². The number of hydrogen-bond acceptors (Lipinski definition) is 3. The lowest BCUT2D eigenvalue weighted by molar-refractivity contribution is 0.0895. The molecule has 1 N–H and O–H groups in total. The van der Waals surface area contributed by atoms with E-state index in [0.717, 1.165) is 18.6 Å². The molecule has 0 amide bonds. The quantitative estimate of drug-likeness (QED) is 0.767. The van der Waals surface area contributed by atoms with E-state index in [1.54, 1.807) is 0 Å². The minimum Gasteiger partial charge on any atom is -0.384 e. The minimum atomic E-state index is 0.776. The van der Waals surface area contributed by atoms with Gasteiger partial charge in [-0.25, -0.2) is 0 Å². The molecule has 2 saturated heterocycles. The van der Waals surface area contributed by atoms with Gasteiger partial charge in [0.2, 0.25) is 0 Å². The molecule has 2 rings (SSSR count). The summed E-state index contributed by atoms with van der Waals surface area (Å²) in [5.74, 6) is 0.776. The van der Waals surface area contributed by atoms with Gasteiger partial charge in [-0.05, 0) is 64.1 Å². The van der Waals surface area contributed by atoms with Gasteiger partial charge in [-0.3, -0.25) is 0 Å². The molecule has 2 atom stereocenters. The second kappa shape index (κ2) is 7.34. The zero-order valence-corrected chi connectivity index (χ0v) is 11.3. The Bertz CT molecular complexity index is 202. The Morgan fingerprint density at radius 1 is 1.29 bits per heavy atom. The lowest BCUT2D eigenvalue weighted by Crippen LogP contribution is -2.38. The van der Waals surface area contributed by atoms with E-state index in [-0.39, 0.29) is 0 Å². The first-order valence-corrected chi connectivity index (χ1v) is 7.33. The summed E-state index contributed by atoms with van der Waals surface area (Å²) in [5, 5.41) is 3.58. The first-order chi connectivity index (χ1) is 8.38. The van der Waals surface area contributed by atoms with Gasteiger partial charge in [-0.1, -0.05) is 0 Å². The van der Waals surface area contributed by atoms with Crippen LogP contribution in [0.25, 0.3) is 0 Å². The van der Waals surface area contributed by atoms with Crippen LogP contribution in [0.5, 0.6) is 0 Å². The van der Waals surface area contributed by atoms with E-state index >= 15 is 0 Å². The topological polar surface area (TPSA) is 24.5 Å². The van der Waals surface area contributed by atoms with Gasteiger partial charge >= 0.3 is 0 Å². The van der Waals surface area contributed by atoms with Crippen molar-refractivity contribution in [2.45, 2.75) is 44.6 Å². The maximum absolute atomic E-state index is 5.28. The van der Waals surface area contributed by atoms with Crippen molar-refractivity contribution in [3.63, 3.8) is 0 Å². The average Bonchev–Trinajstić information content (AvgIpc) is 2.83. The van der Waals surface area contributed by atoms with Crippen molar-refractivity contribution in [3.05, 3.63) is 0 Å². The Balaban J connectivity index is 1.58. The van der Waals surface area contributed by atoms with Crippen LogP contribution in [-0.4, -0.2) is 50.8 Å². The van der Waals surface area contributed by atoms with E-state index in [1.807, 2.05) is 7.11 Å². The molecule has 2 heterocycles. The van der Waals surface area contributed by atoms with Gasteiger partial charge in [0.25, 0.3) is 0 Å². The van der Waals surface area contributed by atoms with Crippen LogP contribution in [0.3, 0.4) is 0 Å². The Labute approximate surface area is 106 Å². The van der Waals surface area contributed by atoms with Crippen molar-refractivity contribution in [1.82, 2.24) is 10.2 Å². The highest BCUT2D eigenvalue weighted by atomic mass is 16.5. The van der Waals surface area contributed by atoms with E-state index in [2.05, 4.69) is 10.2 Å². The van der Waals surface area contributed by atoms with E-state index < -0.39 is 0 Å². The zero-order chi connectivity index (χ0) is 11.9. The maximum atomic E-state index is 5.28. The summed E-state index contributed by atoms with van der Waals surface area (Å²) in [4.78, 5) is 2.64. The van der Waals surface area contributed by atoms with E-state index in [0.29, 0.717) is 0 Å². The summed E-state index contributed by atoms with van der Waals surface area (Å²) < 4.78 is 5.28. The zero-order valence-electron chi connectivity index (χ0n) is 11.3.